The summed E-state index contributed by atoms with van der Waals surface area (Å²) in [6.07, 6.45) is 5.48. The Morgan fingerprint density at radius 2 is 1.84 bits per heavy atom. The van der Waals surface area contributed by atoms with Crippen LogP contribution in [-0.2, 0) is 10.2 Å². The number of carbonyl (C=O) groups excluding carboxylic acids is 2. The van der Waals surface area contributed by atoms with Crippen molar-refractivity contribution in [3.63, 3.8) is 0 Å². The molecule has 1 heterocycles. The first-order valence-electron chi connectivity index (χ1n) is 14.3. The van der Waals surface area contributed by atoms with Crippen LogP contribution < -0.4 is 4.74 Å². The molecule has 6 heteroatoms. The van der Waals surface area contributed by atoms with Gasteiger partial charge in [-0.1, -0.05) is 44.2 Å². The molecule has 1 saturated heterocycles. The second-order valence-electron chi connectivity index (χ2n) is 12.3. The second kappa shape index (κ2) is 10.8. The van der Waals surface area contributed by atoms with Gasteiger partial charge in [0, 0.05) is 43.6 Å². The van der Waals surface area contributed by atoms with Crippen molar-refractivity contribution in [3.8, 4) is 5.75 Å². The first-order chi connectivity index (χ1) is 18.2. The summed E-state index contributed by atoms with van der Waals surface area (Å²) in [5.41, 5.74) is 0.272. The van der Waals surface area contributed by atoms with Crippen molar-refractivity contribution < 1.29 is 19.4 Å². The van der Waals surface area contributed by atoms with Gasteiger partial charge in [-0.05, 0) is 86.7 Å². The Bertz CT molecular complexity index is 1150. The van der Waals surface area contributed by atoms with Gasteiger partial charge in [0.15, 0.2) is 0 Å². The lowest BCUT2D eigenvalue weighted by atomic mass is 9.55. The summed E-state index contributed by atoms with van der Waals surface area (Å²) in [5.74, 6) is 1.30. The minimum absolute atomic E-state index is 0.0118. The van der Waals surface area contributed by atoms with Crippen LogP contribution in [0.5, 0.6) is 5.75 Å². The van der Waals surface area contributed by atoms with E-state index >= 15 is 0 Å². The highest BCUT2D eigenvalue weighted by Gasteiger charge is 2.58. The number of β-amino-alcohol motifs (C(OH)–C–C–N with tert-alkyl or cyclic N) is 1. The Morgan fingerprint density at radius 1 is 1.08 bits per heavy atom. The smallest absolute Gasteiger partial charge is 0.308 e. The second-order valence-corrected chi connectivity index (χ2v) is 12.3. The van der Waals surface area contributed by atoms with Gasteiger partial charge in [-0.2, -0.15) is 0 Å². The fraction of sp³-hybridized carbons (Fsp3) is 0.562. The van der Waals surface area contributed by atoms with Gasteiger partial charge < -0.3 is 19.6 Å². The van der Waals surface area contributed by atoms with Gasteiger partial charge in [0.1, 0.15) is 5.75 Å². The average molecular weight is 519 g/mol. The third-order valence-corrected chi connectivity index (χ3v) is 8.85. The maximum atomic E-state index is 13.8. The predicted octanol–water partition coefficient (Wildman–Crippen LogP) is 5.05. The van der Waals surface area contributed by atoms with Gasteiger partial charge in [0.25, 0.3) is 5.91 Å². The normalized spacial score (nSPS) is 27.6. The molecule has 38 heavy (non-hydrogen) atoms. The van der Waals surface area contributed by atoms with Crippen LogP contribution in [0.15, 0.2) is 54.6 Å². The van der Waals surface area contributed by atoms with E-state index in [1.807, 2.05) is 42.5 Å². The van der Waals surface area contributed by atoms with E-state index in [1.165, 1.54) is 19.8 Å². The number of likely N-dealkylation sites (tertiary alicyclic amines) is 1. The summed E-state index contributed by atoms with van der Waals surface area (Å²) in [5, 5.41) is 12.5. The fourth-order valence-electron chi connectivity index (χ4n) is 6.88. The molecule has 3 unspecified atom stereocenters. The van der Waals surface area contributed by atoms with Gasteiger partial charge in [0.2, 0.25) is 0 Å². The minimum Gasteiger partial charge on any atom is -0.427 e. The molecule has 1 amide bonds. The molecule has 6 nitrogen and oxygen atoms in total. The highest BCUT2D eigenvalue weighted by molar-refractivity contribution is 5.94. The molecule has 2 aromatic carbocycles. The zero-order valence-corrected chi connectivity index (χ0v) is 23.1. The number of hydrogen-bond donors (Lipinski definition) is 1. The van der Waals surface area contributed by atoms with E-state index < -0.39 is 11.0 Å². The molecule has 3 atom stereocenters. The summed E-state index contributed by atoms with van der Waals surface area (Å²) in [6, 6.07) is 17.3. The zero-order valence-electron chi connectivity index (χ0n) is 23.1. The van der Waals surface area contributed by atoms with E-state index in [0.29, 0.717) is 43.2 Å². The van der Waals surface area contributed by atoms with Crippen LogP contribution >= 0.6 is 0 Å². The van der Waals surface area contributed by atoms with Crippen LogP contribution in [0.4, 0.5) is 0 Å². The largest absolute Gasteiger partial charge is 0.427 e. The number of benzene rings is 2. The van der Waals surface area contributed by atoms with Crippen molar-refractivity contribution in [2.24, 2.45) is 11.8 Å². The van der Waals surface area contributed by atoms with Gasteiger partial charge in [-0.25, -0.2) is 0 Å². The van der Waals surface area contributed by atoms with Crippen molar-refractivity contribution in [1.82, 2.24) is 9.80 Å². The first-order valence-corrected chi connectivity index (χ1v) is 14.3. The maximum Gasteiger partial charge on any atom is 0.308 e. The minimum atomic E-state index is -0.912. The Labute approximate surface area is 227 Å². The average Bonchev–Trinajstić information content (AvgIpc) is 3.70. The quantitative estimate of drug-likeness (QED) is 0.391. The van der Waals surface area contributed by atoms with Crippen LogP contribution in [0.1, 0.15) is 75.2 Å². The molecule has 1 N–H and O–H groups in total. The van der Waals surface area contributed by atoms with Gasteiger partial charge >= 0.3 is 5.97 Å². The van der Waals surface area contributed by atoms with Crippen LogP contribution in [0.25, 0.3) is 0 Å². The molecule has 5 rings (SSSR count). The van der Waals surface area contributed by atoms with E-state index in [2.05, 4.69) is 29.7 Å². The Kier molecular flexibility index (Phi) is 7.65. The Hall–Kier alpha value is -2.70. The lowest BCUT2D eigenvalue weighted by molar-refractivity contribution is -0.134. The van der Waals surface area contributed by atoms with Crippen molar-refractivity contribution in [3.05, 3.63) is 65.7 Å². The number of rotatable bonds is 8. The molecule has 3 fully saturated rings. The molecule has 0 bridgehead atoms. The number of piperidine rings is 1. The summed E-state index contributed by atoms with van der Waals surface area (Å²) >= 11 is 0. The number of nitrogens with zero attached hydrogens (tertiary/aromatic N) is 2. The van der Waals surface area contributed by atoms with Crippen molar-refractivity contribution in [2.75, 3.05) is 26.2 Å². The summed E-state index contributed by atoms with van der Waals surface area (Å²) in [4.78, 5) is 30.1. The molecular formula is C32H42N2O4. The van der Waals surface area contributed by atoms with Gasteiger partial charge in [-0.3, -0.25) is 9.59 Å². The van der Waals surface area contributed by atoms with E-state index in [1.54, 1.807) is 6.07 Å². The standard InChI is InChI=1S/C32H42N2O4/c1-23(2)20-34(30(36)26-8-5-4-6-9-26)28-14-15-32(37)22-33(21-25-12-13-25)17-16-31(32,19-28)27-10-7-11-29(18-27)38-24(3)35/h4-11,18,23,25,28,37H,12-17,19-22H2,1-3H3. The van der Waals surface area contributed by atoms with Gasteiger partial charge in [-0.15, -0.1) is 0 Å². The number of aliphatic hydroxyl groups is 1. The SMILES string of the molecule is CC(=O)Oc1cccc(C23CCN(CC4CC4)CC2(O)CCC(N(CC(C)C)C(=O)c2ccccc2)C3)c1. The van der Waals surface area contributed by atoms with Gasteiger partial charge in [0.05, 0.1) is 5.60 Å². The van der Waals surface area contributed by atoms with E-state index in [-0.39, 0.29) is 17.9 Å². The molecule has 2 saturated carbocycles. The monoisotopic (exact) mass is 518 g/mol. The molecule has 0 spiro atoms. The number of hydrogen-bond acceptors (Lipinski definition) is 5. The number of ether oxygens (including phenoxy) is 1. The van der Waals surface area contributed by atoms with E-state index in [9.17, 15) is 14.7 Å². The molecule has 2 aliphatic carbocycles. The van der Waals surface area contributed by atoms with Crippen LogP contribution in [0, 0.1) is 11.8 Å². The molecule has 3 aliphatic rings. The molecule has 0 radical (unpaired) electrons. The molecule has 2 aromatic rings. The number of esters is 1. The maximum absolute atomic E-state index is 13.8. The van der Waals surface area contributed by atoms with E-state index in [0.717, 1.165) is 37.4 Å². The topological polar surface area (TPSA) is 70.1 Å². The highest BCUT2D eigenvalue weighted by Crippen LogP contribution is 2.53. The number of fused-ring (bicyclic) bond motifs is 1. The summed E-state index contributed by atoms with van der Waals surface area (Å²) < 4.78 is 5.46. The van der Waals surface area contributed by atoms with Crippen LogP contribution in [0.3, 0.4) is 0 Å². The molecule has 204 valence electrons. The molecular weight excluding hydrogens is 476 g/mol. The number of amides is 1. The summed E-state index contributed by atoms with van der Waals surface area (Å²) in [6.45, 7) is 9.01. The third-order valence-electron chi connectivity index (χ3n) is 8.85. The van der Waals surface area contributed by atoms with Crippen molar-refractivity contribution in [1.29, 1.82) is 0 Å². The van der Waals surface area contributed by atoms with Crippen LogP contribution in [-0.4, -0.2) is 64.6 Å². The van der Waals surface area contributed by atoms with Crippen molar-refractivity contribution in [2.45, 2.75) is 76.4 Å². The van der Waals surface area contributed by atoms with E-state index in [4.69, 9.17) is 4.74 Å². The Morgan fingerprint density at radius 3 is 2.53 bits per heavy atom. The highest BCUT2D eigenvalue weighted by atomic mass is 16.5. The fourth-order valence-corrected chi connectivity index (χ4v) is 6.88. The van der Waals surface area contributed by atoms with Crippen molar-refractivity contribution >= 4 is 11.9 Å². The zero-order chi connectivity index (χ0) is 26.9. The molecule has 0 aromatic heterocycles. The predicted molar refractivity (Wildman–Crippen MR) is 148 cm³/mol. The Balaban J connectivity index is 1.51. The third kappa shape index (κ3) is 5.52. The first kappa shape index (κ1) is 26.9. The lowest BCUT2D eigenvalue weighted by Gasteiger charge is -2.59. The molecule has 1 aliphatic heterocycles. The summed E-state index contributed by atoms with van der Waals surface area (Å²) in [7, 11) is 0. The number of carbonyl (C=O) groups is 2. The lowest BCUT2D eigenvalue weighted by Crippen LogP contribution is -2.67. The van der Waals surface area contributed by atoms with Crippen LogP contribution in [0.2, 0.25) is 0 Å².